The van der Waals surface area contributed by atoms with Crippen LogP contribution in [0.4, 0.5) is 11.5 Å². The molecule has 1 atom stereocenters. The number of nitro groups is 1. The van der Waals surface area contributed by atoms with Crippen molar-refractivity contribution in [2.75, 3.05) is 16.8 Å². The Morgan fingerprint density at radius 3 is 2.86 bits per heavy atom. The van der Waals surface area contributed by atoms with Gasteiger partial charge >= 0.3 is 0 Å². The van der Waals surface area contributed by atoms with E-state index >= 15 is 0 Å². The fourth-order valence-electron chi connectivity index (χ4n) is 3.42. The summed E-state index contributed by atoms with van der Waals surface area (Å²) in [7, 11) is -3.14. The smallest absolute Gasteiger partial charge is 0.282 e. The number of hydrogen-bond acceptors (Lipinski definition) is 7. The van der Waals surface area contributed by atoms with Gasteiger partial charge in [0, 0.05) is 28.2 Å². The van der Waals surface area contributed by atoms with Gasteiger partial charge in [-0.1, -0.05) is 11.6 Å². The lowest BCUT2D eigenvalue weighted by atomic mass is 10.1. The van der Waals surface area contributed by atoms with Gasteiger partial charge in [0.25, 0.3) is 11.6 Å². The van der Waals surface area contributed by atoms with E-state index in [1.54, 1.807) is 16.4 Å². The van der Waals surface area contributed by atoms with Crippen LogP contribution >= 0.6 is 23.4 Å². The third kappa shape index (κ3) is 3.49. The van der Waals surface area contributed by atoms with E-state index in [2.05, 4.69) is 10.4 Å². The van der Waals surface area contributed by atoms with E-state index in [4.69, 9.17) is 11.6 Å². The summed E-state index contributed by atoms with van der Waals surface area (Å²) in [5.41, 5.74) is 1.10. The maximum Gasteiger partial charge on any atom is 0.282 e. The minimum atomic E-state index is -3.14. The number of nitrogens with zero attached hydrogens (tertiary/aromatic N) is 3. The largest absolute Gasteiger partial charge is 0.306 e. The van der Waals surface area contributed by atoms with Gasteiger partial charge in [0.2, 0.25) is 0 Å². The zero-order valence-corrected chi connectivity index (χ0v) is 16.8. The summed E-state index contributed by atoms with van der Waals surface area (Å²) < 4.78 is 25.3. The normalized spacial score (nSPS) is 20.1. The van der Waals surface area contributed by atoms with Crippen molar-refractivity contribution in [3.05, 3.63) is 50.2 Å². The Hall–Kier alpha value is -2.11. The molecule has 2 aliphatic rings. The van der Waals surface area contributed by atoms with Gasteiger partial charge in [0.05, 0.1) is 28.2 Å². The minimum absolute atomic E-state index is 0.0408. The highest BCUT2D eigenvalue weighted by atomic mass is 35.5. The number of amides is 1. The lowest BCUT2D eigenvalue weighted by Crippen LogP contribution is -2.21. The van der Waals surface area contributed by atoms with Crippen molar-refractivity contribution in [1.29, 1.82) is 0 Å². The van der Waals surface area contributed by atoms with Gasteiger partial charge < -0.3 is 5.32 Å². The predicted octanol–water partition coefficient (Wildman–Crippen LogP) is 2.80. The van der Waals surface area contributed by atoms with Crippen molar-refractivity contribution in [3.63, 3.8) is 0 Å². The molecule has 0 spiro atoms. The number of carbonyl (C=O) groups excluding carboxylic acids is 1. The van der Waals surface area contributed by atoms with Gasteiger partial charge in [0.15, 0.2) is 9.84 Å². The Bertz CT molecular complexity index is 1100. The number of halogens is 1. The molecule has 9 nitrogen and oxygen atoms in total. The number of rotatable bonds is 4. The number of sulfone groups is 1. The molecule has 1 unspecified atom stereocenters. The molecular formula is C16H15ClN4O5S2. The quantitative estimate of drug-likeness (QED) is 0.570. The molecule has 1 aromatic carbocycles. The van der Waals surface area contributed by atoms with Gasteiger partial charge in [-0.15, -0.1) is 0 Å². The highest BCUT2D eigenvalue weighted by Gasteiger charge is 2.35. The summed E-state index contributed by atoms with van der Waals surface area (Å²) in [5.74, 6) is 1.05. The summed E-state index contributed by atoms with van der Waals surface area (Å²) in [4.78, 5) is 23.5. The van der Waals surface area contributed by atoms with Gasteiger partial charge in [-0.3, -0.25) is 14.9 Å². The summed E-state index contributed by atoms with van der Waals surface area (Å²) in [6, 6.07) is 3.40. The third-order valence-electron chi connectivity index (χ3n) is 4.76. The number of hydrogen-bond donors (Lipinski definition) is 1. The predicted molar refractivity (Wildman–Crippen MR) is 106 cm³/mol. The number of nitrogens with one attached hydrogen (secondary N) is 1. The van der Waals surface area contributed by atoms with Crippen molar-refractivity contribution >= 4 is 50.6 Å². The first kappa shape index (κ1) is 19.2. The van der Waals surface area contributed by atoms with Gasteiger partial charge in [0.1, 0.15) is 11.4 Å². The monoisotopic (exact) mass is 442 g/mol. The van der Waals surface area contributed by atoms with E-state index in [0.717, 1.165) is 11.3 Å². The molecule has 2 aliphatic heterocycles. The van der Waals surface area contributed by atoms with Crippen LogP contribution in [-0.4, -0.2) is 40.5 Å². The summed E-state index contributed by atoms with van der Waals surface area (Å²) in [6.45, 7) is 0. The first-order valence-electron chi connectivity index (χ1n) is 8.39. The molecule has 0 radical (unpaired) electrons. The van der Waals surface area contributed by atoms with Gasteiger partial charge in [-0.25, -0.2) is 13.1 Å². The van der Waals surface area contributed by atoms with Gasteiger partial charge in [-0.2, -0.15) is 16.9 Å². The third-order valence-corrected chi connectivity index (χ3v) is 7.72. The molecule has 0 aliphatic carbocycles. The lowest BCUT2D eigenvalue weighted by Gasteiger charge is -2.15. The highest BCUT2D eigenvalue weighted by Crippen LogP contribution is 2.38. The molecule has 28 heavy (non-hydrogen) atoms. The van der Waals surface area contributed by atoms with Crippen LogP contribution in [0.2, 0.25) is 5.02 Å². The molecule has 148 valence electrons. The van der Waals surface area contributed by atoms with Crippen molar-refractivity contribution < 1.29 is 18.1 Å². The van der Waals surface area contributed by atoms with Crippen molar-refractivity contribution in [3.8, 4) is 0 Å². The Balaban J connectivity index is 1.72. The summed E-state index contributed by atoms with van der Waals surface area (Å²) in [5, 5.41) is 18.7. The van der Waals surface area contributed by atoms with Crippen LogP contribution in [0.5, 0.6) is 0 Å². The molecule has 2 aromatic rings. The Kier molecular flexibility index (Phi) is 4.84. The maximum absolute atomic E-state index is 12.8. The van der Waals surface area contributed by atoms with Crippen molar-refractivity contribution in [2.45, 2.75) is 24.0 Å². The molecular weight excluding hydrogens is 428 g/mol. The number of thioether (sulfide) groups is 1. The molecule has 1 N–H and O–H groups in total. The Labute approximate surface area is 169 Å². The van der Waals surface area contributed by atoms with Crippen molar-refractivity contribution in [1.82, 2.24) is 9.78 Å². The molecule has 3 heterocycles. The topological polar surface area (TPSA) is 124 Å². The molecule has 1 fully saturated rings. The van der Waals surface area contributed by atoms with Crippen LogP contribution in [0.25, 0.3) is 0 Å². The first-order chi connectivity index (χ1) is 13.2. The molecule has 0 bridgehead atoms. The summed E-state index contributed by atoms with van der Waals surface area (Å²) in [6.07, 6.45) is 0.413. The van der Waals surface area contributed by atoms with E-state index in [0.29, 0.717) is 23.7 Å². The lowest BCUT2D eigenvalue weighted by molar-refractivity contribution is -0.385. The fraction of sp³-hybridized carbons (Fsp3) is 0.375. The average molecular weight is 443 g/mol. The van der Waals surface area contributed by atoms with Crippen LogP contribution in [0, 0.1) is 10.1 Å². The molecule has 4 rings (SSSR count). The van der Waals surface area contributed by atoms with Crippen LogP contribution in [0.1, 0.15) is 34.1 Å². The van der Waals surface area contributed by atoms with E-state index in [1.807, 2.05) is 0 Å². The molecule has 1 amide bonds. The number of carbonyl (C=O) groups is 1. The standard InChI is InChI=1S/C16H15ClN4O5S2/c17-9-1-2-14(21(23)24)11(5-9)16(22)18-15-12-6-27-7-13(12)19-20(15)10-3-4-28(25,26)8-10/h1-2,5,10H,3-4,6-8H2,(H,18,22). The second kappa shape index (κ2) is 7.05. The van der Waals surface area contributed by atoms with E-state index < -0.39 is 20.7 Å². The van der Waals surface area contributed by atoms with Crippen LogP contribution in [0.3, 0.4) is 0 Å². The van der Waals surface area contributed by atoms with Crippen LogP contribution in [-0.2, 0) is 21.3 Å². The average Bonchev–Trinajstić information content (AvgIpc) is 3.30. The van der Waals surface area contributed by atoms with E-state index in [1.165, 1.54) is 18.2 Å². The highest BCUT2D eigenvalue weighted by molar-refractivity contribution is 7.98. The Morgan fingerprint density at radius 2 is 2.18 bits per heavy atom. The number of aromatic nitrogens is 2. The fourth-order valence-corrected chi connectivity index (χ4v) is 6.32. The molecule has 1 aromatic heterocycles. The first-order valence-corrected chi connectivity index (χ1v) is 11.7. The van der Waals surface area contributed by atoms with E-state index in [9.17, 15) is 23.3 Å². The number of nitro benzene ring substituents is 1. The SMILES string of the molecule is O=C(Nc1c2c(nn1C1CCS(=O)(=O)C1)CSC2)c1cc(Cl)ccc1[N+](=O)[O-]. The Morgan fingerprint density at radius 1 is 1.39 bits per heavy atom. The van der Waals surface area contributed by atoms with E-state index in [-0.39, 0.29) is 33.8 Å². The van der Waals surface area contributed by atoms with Crippen LogP contribution in [0.15, 0.2) is 18.2 Å². The second-order valence-corrected chi connectivity index (χ2v) is 10.3. The number of fused-ring (bicyclic) bond motifs is 1. The van der Waals surface area contributed by atoms with Gasteiger partial charge in [-0.05, 0) is 18.6 Å². The molecule has 1 saturated heterocycles. The zero-order chi connectivity index (χ0) is 20.1. The summed E-state index contributed by atoms with van der Waals surface area (Å²) >= 11 is 7.55. The maximum atomic E-state index is 12.8. The zero-order valence-electron chi connectivity index (χ0n) is 14.4. The molecule has 0 saturated carbocycles. The number of benzene rings is 1. The second-order valence-electron chi connectivity index (χ2n) is 6.64. The minimum Gasteiger partial charge on any atom is -0.306 e. The number of anilines is 1. The van der Waals surface area contributed by atoms with Crippen molar-refractivity contribution in [2.24, 2.45) is 0 Å². The van der Waals surface area contributed by atoms with Crippen LogP contribution < -0.4 is 5.32 Å². The molecule has 12 heteroatoms.